The second-order valence-corrected chi connectivity index (χ2v) is 4.49. The predicted molar refractivity (Wildman–Crippen MR) is 55.5 cm³/mol. The van der Waals surface area contributed by atoms with Gasteiger partial charge >= 0.3 is 0 Å². The zero-order valence-electron chi connectivity index (χ0n) is 8.21. The number of rotatable bonds is 3. The lowest BCUT2D eigenvalue weighted by molar-refractivity contribution is 0.273. The Morgan fingerprint density at radius 1 is 1.31 bits per heavy atom. The zero-order valence-corrected chi connectivity index (χ0v) is 8.21. The SMILES string of the molecule is NC1CC(NCC2CC=CCC2)C1. The van der Waals surface area contributed by atoms with Gasteiger partial charge in [-0.1, -0.05) is 12.2 Å². The predicted octanol–water partition coefficient (Wildman–Crippen LogP) is 1.42. The summed E-state index contributed by atoms with van der Waals surface area (Å²) >= 11 is 0. The Morgan fingerprint density at radius 3 is 2.77 bits per heavy atom. The molecule has 0 saturated heterocycles. The minimum atomic E-state index is 0.476. The van der Waals surface area contributed by atoms with E-state index in [0.717, 1.165) is 12.0 Å². The van der Waals surface area contributed by atoms with Crippen LogP contribution in [-0.4, -0.2) is 18.6 Å². The van der Waals surface area contributed by atoms with Crippen molar-refractivity contribution in [1.29, 1.82) is 0 Å². The van der Waals surface area contributed by atoms with Crippen LogP contribution in [0.25, 0.3) is 0 Å². The van der Waals surface area contributed by atoms with Gasteiger partial charge in [0, 0.05) is 12.1 Å². The third-order valence-corrected chi connectivity index (χ3v) is 3.25. The molecule has 1 unspecified atom stereocenters. The van der Waals surface area contributed by atoms with Gasteiger partial charge in [0.1, 0.15) is 0 Å². The smallest absolute Gasteiger partial charge is 0.00966 e. The molecule has 1 saturated carbocycles. The third-order valence-electron chi connectivity index (χ3n) is 3.25. The van der Waals surface area contributed by atoms with Crippen LogP contribution in [0.3, 0.4) is 0 Å². The van der Waals surface area contributed by atoms with Crippen molar-refractivity contribution in [3.63, 3.8) is 0 Å². The van der Waals surface area contributed by atoms with Crippen LogP contribution in [0.15, 0.2) is 12.2 Å². The highest BCUT2D eigenvalue weighted by molar-refractivity contribution is 4.92. The van der Waals surface area contributed by atoms with Gasteiger partial charge < -0.3 is 11.1 Å². The molecule has 74 valence electrons. The first-order valence-corrected chi connectivity index (χ1v) is 5.48. The molecule has 2 heteroatoms. The number of allylic oxidation sites excluding steroid dienone is 2. The first kappa shape index (κ1) is 9.22. The van der Waals surface area contributed by atoms with Crippen LogP contribution in [-0.2, 0) is 0 Å². The van der Waals surface area contributed by atoms with Crippen molar-refractivity contribution in [2.45, 2.75) is 44.2 Å². The molecule has 1 atom stereocenters. The maximum absolute atomic E-state index is 5.73. The van der Waals surface area contributed by atoms with E-state index >= 15 is 0 Å². The van der Waals surface area contributed by atoms with Crippen molar-refractivity contribution in [2.24, 2.45) is 11.7 Å². The topological polar surface area (TPSA) is 38.0 Å². The molecule has 2 aliphatic carbocycles. The van der Waals surface area contributed by atoms with E-state index in [9.17, 15) is 0 Å². The highest BCUT2D eigenvalue weighted by Gasteiger charge is 2.25. The van der Waals surface area contributed by atoms with E-state index in [0.29, 0.717) is 6.04 Å². The van der Waals surface area contributed by atoms with Crippen molar-refractivity contribution in [2.75, 3.05) is 6.54 Å². The van der Waals surface area contributed by atoms with Crippen molar-refractivity contribution in [1.82, 2.24) is 5.32 Å². The molecule has 3 N–H and O–H groups in total. The second kappa shape index (κ2) is 4.25. The van der Waals surface area contributed by atoms with Gasteiger partial charge in [-0.05, 0) is 44.6 Å². The maximum Gasteiger partial charge on any atom is 0.00966 e. The van der Waals surface area contributed by atoms with Gasteiger partial charge in [-0.15, -0.1) is 0 Å². The molecule has 0 aromatic carbocycles. The highest BCUT2D eigenvalue weighted by Crippen LogP contribution is 2.20. The molecule has 0 amide bonds. The van der Waals surface area contributed by atoms with Crippen LogP contribution in [0.4, 0.5) is 0 Å². The maximum atomic E-state index is 5.73. The van der Waals surface area contributed by atoms with Crippen LogP contribution in [0.5, 0.6) is 0 Å². The Hall–Kier alpha value is -0.340. The Labute approximate surface area is 80.6 Å². The van der Waals surface area contributed by atoms with E-state index in [-0.39, 0.29) is 0 Å². The lowest BCUT2D eigenvalue weighted by Crippen LogP contribution is -2.49. The quantitative estimate of drug-likeness (QED) is 0.645. The van der Waals surface area contributed by atoms with Crippen LogP contribution >= 0.6 is 0 Å². The van der Waals surface area contributed by atoms with E-state index < -0.39 is 0 Å². The molecular weight excluding hydrogens is 160 g/mol. The Morgan fingerprint density at radius 2 is 2.15 bits per heavy atom. The largest absolute Gasteiger partial charge is 0.328 e. The van der Waals surface area contributed by atoms with E-state index in [1.165, 1.54) is 38.6 Å². The summed E-state index contributed by atoms with van der Waals surface area (Å²) < 4.78 is 0. The molecule has 2 nitrogen and oxygen atoms in total. The van der Waals surface area contributed by atoms with Gasteiger partial charge in [-0.3, -0.25) is 0 Å². The van der Waals surface area contributed by atoms with Crippen LogP contribution in [0, 0.1) is 5.92 Å². The van der Waals surface area contributed by atoms with Crippen molar-refractivity contribution >= 4 is 0 Å². The number of nitrogens with one attached hydrogen (secondary N) is 1. The van der Waals surface area contributed by atoms with Gasteiger partial charge in [-0.25, -0.2) is 0 Å². The highest BCUT2D eigenvalue weighted by atomic mass is 15.0. The zero-order chi connectivity index (χ0) is 9.10. The number of hydrogen-bond donors (Lipinski definition) is 2. The molecule has 0 spiro atoms. The molecule has 0 aromatic rings. The summed E-state index contributed by atoms with van der Waals surface area (Å²) in [5, 5.41) is 3.61. The molecule has 0 aromatic heterocycles. The van der Waals surface area contributed by atoms with Crippen molar-refractivity contribution in [3.8, 4) is 0 Å². The minimum absolute atomic E-state index is 0.476. The summed E-state index contributed by atoms with van der Waals surface area (Å²) in [6, 6.07) is 1.20. The summed E-state index contributed by atoms with van der Waals surface area (Å²) in [6.07, 6.45) is 10.9. The fraction of sp³-hybridized carbons (Fsp3) is 0.818. The van der Waals surface area contributed by atoms with Gasteiger partial charge in [0.05, 0.1) is 0 Å². The molecule has 0 heterocycles. The molecule has 0 aliphatic heterocycles. The standard InChI is InChI=1S/C11H20N2/c12-10-6-11(7-10)13-8-9-4-2-1-3-5-9/h1-2,9-11,13H,3-8,12H2. The lowest BCUT2D eigenvalue weighted by Gasteiger charge is -2.34. The van der Waals surface area contributed by atoms with E-state index in [1.54, 1.807) is 0 Å². The van der Waals surface area contributed by atoms with Gasteiger partial charge in [0.15, 0.2) is 0 Å². The monoisotopic (exact) mass is 180 g/mol. The third kappa shape index (κ3) is 2.55. The van der Waals surface area contributed by atoms with Crippen molar-refractivity contribution < 1.29 is 0 Å². The van der Waals surface area contributed by atoms with E-state index in [4.69, 9.17) is 5.73 Å². The van der Waals surface area contributed by atoms with Crippen LogP contribution in [0.2, 0.25) is 0 Å². The van der Waals surface area contributed by atoms with E-state index in [2.05, 4.69) is 17.5 Å². The summed E-state index contributed by atoms with van der Waals surface area (Å²) in [5.74, 6) is 0.877. The Bertz CT molecular complexity index is 183. The minimum Gasteiger partial charge on any atom is -0.328 e. The number of hydrogen-bond acceptors (Lipinski definition) is 2. The average molecular weight is 180 g/mol. The Balaban J connectivity index is 1.60. The first-order chi connectivity index (χ1) is 6.34. The molecular formula is C11H20N2. The normalized spacial score (nSPS) is 38.7. The summed E-state index contributed by atoms with van der Waals surface area (Å²) in [5.41, 5.74) is 5.73. The van der Waals surface area contributed by atoms with Crippen LogP contribution < -0.4 is 11.1 Å². The Kier molecular flexibility index (Phi) is 3.01. The number of nitrogens with two attached hydrogens (primary N) is 1. The molecule has 1 fully saturated rings. The molecule has 2 rings (SSSR count). The molecule has 0 bridgehead atoms. The molecule has 2 aliphatic rings. The van der Waals surface area contributed by atoms with Gasteiger partial charge in [0.2, 0.25) is 0 Å². The molecule has 13 heavy (non-hydrogen) atoms. The van der Waals surface area contributed by atoms with E-state index in [1.807, 2.05) is 0 Å². The summed E-state index contributed by atoms with van der Waals surface area (Å²) in [4.78, 5) is 0. The van der Waals surface area contributed by atoms with Gasteiger partial charge in [0.25, 0.3) is 0 Å². The fourth-order valence-corrected chi connectivity index (χ4v) is 2.20. The second-order valence-electron chi connectivity index (χ2n) is 4.49. The van der Waals surface area contributed by atoms with Crippen LogP contribution in [0.1, 0.15) is 32.1 Å². The first-order valence-electron chi connectivity index (χ1n) is 5.48. The average Bonchev–Trinajstić information content (AvgIpc) is 2.12. The fourth-order valence-electron chi connectivity index (χ4n) is 2.20. The lowest BCUT2D eigenvalue weighted by atomic mass is 9.86. The van der Waals surface area contributed by atoms with Gasteiger partial charge in [-0.2, -0.15) is 0 Å². The summed E-state index contributed by atoms with van der Waals surface area (Å²) in [7, 11) is 0. The van der Waals surface area contributed by atoms with Crippen molar-refractivity contribution in [3.05, 3.63) is 12.2 Å². The molecule has 0 radical (unpaired) electrons. The summed E-state index contributed by atoms with van der Waals surface area (Å²) in [6.45, 7) is 1.20.